The van der Waals surface area contributed by atoms with Crippen molar-refractivity contribution < 1.29 is 9.72 Å². The molecule has 2 aromatic carbocycles. The maximum absolute atomic E-state index is 13.0. The number of carbonyl (C=O) groups excluding carboxylic acids is 1. The average Bonchev–Trinajstić information content (AvgIpc) is 3.18. The molecule has 0 atom stereocenters. The van der Waals surface area contributed by atoms with E-state index in [9.17, 15) is 14.9 Å². The normalized spacial score (nSPS) is 14.0. The number of para-hydroxylation sites is 1. The van der Waals surface area contributed by atoms with Gasteiger partial charge in [0.05, 0.1) is 9.82 Å². The third-order valence-electron chi connectivity index (χ3n) is 5.30. The van der Waals surface area contributed by atoms with Crippen molar-refractivity contribution in [3.63, 3.8) is 0 Å². The first-order valence-corrected chi connectivity index (χ1v) is 10.7. The summed E-state index contributed by atoms with van der Waals surface area (Å²) in [6.07, 6.45) is 1.53. The molecule has 10 heteroatoms. The second kappa shape index (κ2) is 8.76. The quantitative estimate of drug-likeness (QED) is 0.446. The highest BCUT2D eigenvalue weighted by molar-refractivity contribution is 7.99. The van der Waals surface area contributed by atoms with E-state index in [4.69, 9.17) is 0 Å². The van der Waals surface area contributed by atoms with Gasteiger partial charge in [0, 0.05) is 50.5 Å². The van der Waals surface area contributed by atoms with Gasteiger partial charge in [0.25, 0.3) is 11.6 Å². The van der Waals surface area contributed by atoms with E-state index >= 15 is 0 Å². The molecule has 2 heterocycles. The third kappa shape index (κ3) is 4.38. The van der Waals surface area contributed by atoms with Gasteiger partial charge in [0.2, 0.25) is 0 Å². The fourth-order valence-electron chi connectivity index (χ4n) is 3.59. The molecular weight excluding hydrogens is 416 g/mol. The number of nitro benzene ring substituents is 1. The van der Waals surface area contributed by atoms with Gasteiger partial charge in [0.15, 0.2) is 5.16 Å². The molecule has 9 nitrogen and oxygen atoms in total. The van der Waals surface area contributed by atoms with Crippen molar-refractivity contribution in [2.24, 2.45) is 7.05 Å². The summed E-state index contributed by atoms with van der Waals surface area (Å²) in [4.78, 5) is 28.6. The molecule has 0 aliphatic carbocycles. The third-order valence-corrected chi connectivity index (χ3v) is 6.41. The van der Waals surface area contributed by atoms with E-state index in [0.29, 0.717) is 28.7 Å². The lowest BCUT2D eigenvalue weighted by atomic mass is 10.1. The highest BCUT2D eigenvalue weighted by Crippen LogP contribution is 2.34. The minimum absolute atomic E-state index is 0.114. The number of aromatic nitrogens is 3. The van der Waals surface area contributed by atoms with E-state index in [-0.39, 0.29) is 11.6 Å². The molecule has 4 rings (SSSR count). The fraction of sp³-hybridized carbons (Fsp3) is 0.286. The Morgan fingerprint density at radius 1 is 1.13 bits per heavy atom. The Kier molecular flexibility index (Phi) is 5.90. The van der Waals surface area contributed by atoms with Crippen molar-refractivity contribution >= 4 is 29.0 Å². The van der Waals surface area contributed by atoms with E-state index in [1.807, 2.05) is 12.1 Å². The van der Waals surface area contributed by atoms with Gasteiger partial charge in [-0.2, -0.15) is 0 Å². The van der Waals surface area contributed by atoms with Gasteiger partial charge >= 0.3 is 0 Å². The number of nitrogens with zero attached hydrogens (tertiary/aromatic N) is 6. The molecule has 1 saturated heterocycles. The first kappa shape index (κ1) is 20.9. The summed E-state index contributed by atoms with van der Waals surface area (Å²) in [6.45, 7) is 4.65. The van der Waals surface area contributed by atoms with E-state index in [2.05, 4.69) is 34.2 Å². The molecule has 0 saturated carbocycles. The predicted molar refractivity (Wildman–Crippen MR) is 118 cm³/mol. The number of hydrogen-bond acceptors (Lipinski definition) is 7. The SMILES string of the molecule is Cc1ccccc1N1CCN(C(=O)c2ccc(Sc3nncn3C)c([N+](=O)[O-])c2)CC1. The maximum atomic E-state index is 13.0. The van der Waals surface area contributed by atoms with Crippen LogP contribution in [0.1, 0.15) is 15.9 Å². The molecule has 1 aromatic heterocycles. The van der Waals surface area contributed by atoms with E-state index in [1.54, 1.807) is 28.6 Å². The Bertz CT molecular complexity index is 1120. The first-order valence-electron chi connectivity index (χ1n) is 9.84. The number of benzene rings is 2. The van der Waals surface area contributed by atoms with Crippen LogP contribution in [-0.4, -0.2) is 56.7 Å². The Morgan fingerprint density at radius 2 is 1.87 bits per heavy atom. The number of hydrogen-bond donors (Lipinski definition) is 0. The van der Waals surface area contributed by atoms with Crippen LogP contribution in [0.25, 0.3) is 0 Å². The van der Waals surface area contributed by atoms with Gasteiger partial charge in [-0.05, 0) is 42.4 Å². The summed E-state index contributed by atoms with van der Waals surface area (Å²) in [6, 6.07) is 12.8. The standard InChI is InChI=1S/C21H22N6O3S/c1-15-5-3-4-6-17(15)25-9-11-26(12-10-25)20(28)16-7-8-19(18(13-16)27(29)30)31-21-23-22-14-24(21)2/h3-8,13-14H,9-12H2,1-2H3. The molecule has 0 N–H and O–H groups in total. The summed E-state index contributed by atoms with van der Waals surface area (Å²) in [5.74, 6) is -0.192. The molecular formula is C21H22N6O3S. The molecule has 1 aliphatic heterocycles. The number of nitro groups is 1. The van der Waals surface area contributed by atoms with Crippen LogP contribution in [0, 0.1) is 17.0 Å². The van der Waals surface area contributed by atoms with E-state index < -0.39 is 4.92 Å². The Balaban J connectivity index is 1.49. The summed E-state index contributed by atoms with van der Waals surface area (Å²) in [5, 5.41) is 19.9. The van der Waals surface area contributed by atoms with Crippen molar-refractivity contribution in [3.8, 4) is 0 Å². The average molecular weight is 439 g/mol. The van der Waals surface area contributed by atoms with Gasteiger partial charge in [-0.25, -0.2) is 0 Å². The van der Waals surface area contributed by atoms with Crippen LogP contribution in [0.15, 0.2) is 58.8 Å². The summed E-state index contributed by atoms with van der Waals surface area (Å²) in [7, 11) is 1.77. The Hall–Kier alpha value is -3.40. The molecule has 3 aromatic rings. The largest absolute Gasteiger partial charge is 0.368 e. The topological polar surface area (TPSA) is 97.4 Å². The number of carbonyl (C=O) groups is 1. The molecule has 1 fully saturated rings. The molecule has 1 aliphatic rings. The molecule has 0 spiro atoms. The summed E-state index contributed by atoms with van der Waals surface area (Å²) in [5.41, 5.74) is 2.58. The van der Waals surface area contributed by atoms with Gasteiger partial charge in [-0.3, -0.25) is 14.9 Å². The van der Waals surface area contributed by atoms with Crippen molar-refractivity contribution in [2.45, 2.75) is 17.0 Å². The molecule has 0 bridgehead atoms. The number of rotatable bonds is 5. The van der Waals surface area contributed by atoms with Crippen LogP contribution >= 0.6 is 11.8 Å². The zero-order valence-electron chi connectivity index (χ0n) is 17.3. The molecule has 160 valence electrons. The fourth-order valence-corrected chi connectivity index (χ4v) is 4.44. The number of anilines is 1. The van der Waals surface area contributed by atoms with Gasteiger partial charge in [-0.1, -0.05) is 18.2 Å². The highest BCUT2D eigenvalue weighted by Gasteiger charge is 2.26. The maximum Gasteiger partial charge on any atom is 0.284 e. The minimum Gasteiger partial charge on any atom is -0.368 e. The lowest BCUT2D eigenvalue weighted by Crippen LogP contribution is -2.49. The van der Waals surface area contributed by atoms with Crippen molar-refractivity contribution in [3.05, 3.63) is 70.0 Å². The van der Waals surface area contributed by atoms with Crippen LogP contribution in [0.5, 0.6) is 0 Å². The second-order valence-electron chi connectivity index (χ2n) is 7.33. The minimum atomic E-state index is -0.467. The lowest BCUT2D eigenvalue weighted by molar-refractivity contribution is -0.387. The first-order chi connectivity index (χ1) is 14.9. The summed E-state index contributed by atoms with van der Waals surface area (Å²) < 4.78 is 1.68. The van der Waals surface area contributed by atoms with Gasteiger partial charge in [-0.15, -0.1) is 10.2 Å². The molecule has 0 unspecified atom stereocenters. The smallest absolute Gasteiger partial charge is 0.284 e. The molecule has 0 radical (unpaired) electrons. The number of piperazine rings is 1. The van der Waals surface area contributed by atoms with Gasteiger partial charge in [0.1, 0.15) is 6.33 Å². The number of amides is 1. The van der Waals surface area contributed by atoms with Gasteiger partial charge < -0.3 is 14.4 Å². The second-order valence-corrected chi connectivity index (χ2v) is 8.34. The van der Waals surface area contributed by atoms with E-state index in [0.717, 1.165) is 24.9 Å². The van der Waals surface area contributed by atoms with Crippen molar-refractivity contribution in [1.82, 2.24) is 19.7 Å². The van der Waals surface area contributed by atoms with Crippen molar-refractivity contribution in [1.29, 1.82) is 0 Å². The van der Waals surface area contributed by atoms with E-state index in [1.165, 1.54) is 23.6 Å². The van der Waals surface area contributed by atoms with Crippen LogP contribution in [0.2, 0.25) is 0 Å². The highest BCUT2D eigenvalue weighted by atomic mass is 32.2. The van der Waals surface area contributed by atoms with Crippen molar-refractivity contribution in [2.75, 3.05) is 31.1 Å². The Morgan fingerprint density at radius 3 is 2.52 bits per heavy atom. The predicted octanol–water partition coefficient (Wildman–Crippen LogP) is 3.15. The lowest BCUT2D eigenvalue weighted by Gasteiger charge is -2.36. The van der Waals surface area contributed by atoms with Crippen LogP contribution in [-0.2, 0) is 7.05 Å². The van der Waals surface area contributed by atoms with Crippen LogP contribution < -0.4 is 4.90 Å². The Labute approximate surface area is 183 Å². The van der Waals surface area contributed by atoms with Crippen LogP contribution in [0.3, 0.4) is 0 Å². The zero-order chi connectivity index (χ0) is 22.0. The molecule has 1 amide bonds. The number of aryl methyl sites for hydroxylation is 2. The summed E-state index contributed by atoms with van der Waals surface area (Å²) >= 11 is 1.15. The monoisotopic (exact) mass is 438 g/mol. The zero-order valence-corrected chi connectivity index (χ0v) is 18.1. The van der Waals surface area contributed by atoms with Crippen LogP contribution in [0.4, 0.5) is 11.4 Å². The molecule has 31 heavy (non-hydrogen) atoms.